The van der Waals surface area contributed by atoms with Crippen molar-refractivity contribution in [2.45, 2.75) is 25.2 Å². The lowest BCUT2D eigenvalue weighted by molar-refractivity contribution is 0.0526. The van der Waals surface area contributed by atoms with Crippen LogP contribution in [0.3, 0.4) is 0 Å². The molecule has 0 saturated carbocycles. The SMILES string of the molecule is CCOC(=O)c1cccc(S(=O)(=O)N2CCC(C)(CN)C2)c1. The van der Waals surface area contributed by atoms with Crippen molar-refractivity contribution in [2.24, 2.45) is 11.1 Å². The van der Waals surface area contributed by atoms with Crippen molar-refractivity contribution in [1.29, 1.82) is 0 Å². The van der Waals surface area contributed by atoms with Gasteiger partial charge in [-0.3, -0.25) is 0 Å². The van der Waals surface area contributed by atoms with Crippen molar-refractivity contribution in [3.8, 4) is 0 Å². The molecule has 0 radical (unpaired) electrons. The van der Waals surface area contributed by atoms with E-state index in [1.165, 1.54) is 16.4 Å². The van der Waals surface area contributed by atoms with Gasteiger partial charge in [0.25, 0.3) is 0 Å². The summed E-state index contributed by atoms with van der Waals surface area (Å²) in [5, 5.41) is 0. The molecule has 1 aliphatic heterocycles. The fourth-order valence-corrected chi connectivity index (χ4v) is 4.14. The molecule has 0 spiro atoms. The Bertz CT molecular complexity index is 659. The number of benzene rings is 1. The Labute approximate surface area is 131 Å². The molecule has 1 unspecified atom stereocenters. The fraction of sp³-hybridized carbons (Fsp3) is 0.533. The Balaban J connectivity index is 2.27. The van der Waals surface area contributed by atoms with Gasteiger partial charge < -0.3 is 10.5 Å². The molecule has 1 aromatic carbocycles. The highest BCUT2D eigenvalue weighted by Crippen LogP contribution is 2.32. The van der Waals surface area contributed by atoms with E-state index in [2.05, 4.69) is 0 Å². The molecule has 1 aliphatic rings. The zero-order chi connectivity index (χ0) is 16.4. The molecule has 2 N–H and O–H groups in total. The van der Waals surface area contributed by atoms with Crippen LogP contribution in [0.5, 0.6) is 0 Å². The quantitative estimate of drug-likeness (QED) is 0.822. The van der Waals surface area contributed by atoms with Gasteiger partial charge in [-0.25, -0.2) is 13.2 Å². The lowest BCUT2D eigenvalue weighted by Gasteiger charge is -2.22. The Morgan fingerprint density at radius 3 is 2.77 bits per heavy atom. The van der Waals surface area contributed by atoms with Crippen LogP contribution in [0.4, 0.5) is 0 Å². The maximum absolute atomic E-state index is 12.7. The number of carbonyl (C=O) groups is 1. The summed E-state index contributed by atoms with van der Waals surface area (Å²) in [6, 6.07) is 5.96. The number of rotatable bonds is 5. The van der Waals surface area contributed by atoms with E-state index in [1.807, 2.05) is 6.92 Å². The number of nitrogens with two attached hydrogens (primary N) is 1. The minimum absolute atomic E-state index is 0.110. The van der Waals surface area contributed by atoms with Crippen molar-refractivity contribution in [3.05, 3.63) is 29.8 Å². The maximum atomic E-state index is 12.7. The molecule has 122 valence electrons. The summed E-state index contributed by atoms with van der Waals surface area (Å²) in [5.74, 6) is -0.521. The summed E-state index contributed by atoms with van der Waals surface area (Å²) in [7, 11) is -3.62. The molecule has 1 aromatic rings. The standard InChI is InChI=1S/C15H22N2O4S/c1-3-21-14(18)12-5-4-6-13(9-12)22(19,20)17-8-7-15(2,10-16)11-17/h4-6,9H,3,7-8,10-11,16H2,1-2H3. The molecule has 0 aromatic heterocycles. The minimum Gasteiger partial charge on any atom is -0.462 e. The van der Waals surface area contributed by atoms with Gasteiger partial charge >= 0.3 is 5.97 Å². The van der Waals surface area contributed by atoms with E-state index in [1.54, 1.807) is 19.1 Å². The Morgan fingerprint density at radius 2 is 2.18 bits per heavy atom. The molecule has 1 fully saturated rings. The smallest absolute Gasteiger partial charge is 0.338 e. The van der Waals surface area contributed by atoms with Crippen LogP contribution >= 0.6 is 0 Å². The van der Waals surface area contributed by atoms with E-state index in [0.29, 0.717) is 19.6 Å². The monoisotopic (exact) mass is 326 g/mol. The number of ether oxygens (including phenoxy) is 1. The zero-order valence-electron chi connectivity index (χ0n) is 12.9. The van der Waals surface area contributed by atoms with E-state index in [4.69, 9.17) is 10.5 Å². The van der Waals surface area contributed by atoms with Gasteiger partial charge in [-0.2, -0.15) is 4.31 Å². The van der Waals surface area contributed by atoms with Crippen LogP contribution in [0.15, 0.2) is 29.2 Å². The molecule has 1 atom stereocenters. The zero-order valence-corrected chi connectivity index (χ0v) is 13.7. The Hall–Kier alpha value is -1.44. The highest BCUT2D eigenvalue weighted by molar-refractivity contribution is 7.89. The van der Waals surface area contributed by atoms with Crippen molar-refractivity contribution in [3.63, 3.8) is 0 Å². The second-order valence-corrected chi connectivity index (χ2v) is 7.79. The van der Waals surface area contributed by atoms with Gasteiger partial charge in [-0.05, 0) is 43.5 Å². The Morgan fingerprint density at radius 1 is 1.45 bits per heavy atom. The number of hydrogen-bond donors (Lipinski definition) is 1. The van der Waals surface area contributed by atoms with Crippen LogP contribution in [0.25, 0.3) is 0 Å². The van der Waals surface area contributed by atoms with Crippen LogP contribution < -0.4 is 5.73 Å². The molecule has 0 bridgehead atoms. The summed E-state index contributed by atoms with van der Waals surface area (Å²) in [4.78, 5) is 11.9. The van der Waals surface area contributed by atoms with E-state index < -0.39 is 16.0 Å². The molecule has 0 aliphatic carbocycles. The molecule has 1 heterocycles. The van der Waals surface area contributed by atoms with Crippen molar-refractivity contribution in [2.75, 3.05) is 26.2 Å². The van der Waals surface area contributed by atoms with Gasteiger partial charge in [0.05, 0.1) is 17.1 Å². The number of hydrogen-bond acceptors (Lipinski definition) is 5. The largest absolute Gasteiger partial charge is 0.462 e. The van der Waals surface area contributed by atoms with Gasteiger partial charge in [-0.15, -0.1) is 0 Å². The van der Waals surface area contributed by atoms with Crippen LogP contribution in [0, 0.1) is 5.41 Å². The van der Waals surface area contributed by atoms with Crippen molar-refractivity contribution in [1.82, 2.24) is 4.31 Å². The summed E-state index contributed by atoms with van der Waals surface area (Å²) in [6.45, 7) is 5.22. The van der Waals surface area contributed by atoms with Gasteiger partial charge in [0.1, 0.15) is 0 Å². The maximum Gasteiger partial charge on any atom is 0.338 e. The normalized spacial score (nSPS) is 22.7. The Kier molecular flexibility index (Phi) is 4.89. The molecule has 0 amide bonds. The number of esters is 1. The second kappa shape index (κ2) is 6.36. The first-order valence-electron chi connectivity index (χ1n) is 7.30. The molecule has 1 saturated heterocycles. The van der Waals surface area contributed by atoms with Crippen LogP contribution in [-0.4, -0.2) is 44.9 Å². The lowest BCUT2D eigenvalue weighted by atomic mass is 9.90. The van der Waals surface area contributed by atoms with Gasteiger partial charge in [0.2, 0.25) is 10.0 Å². The third-order valence-electron chi connectivity index (χ3n) is 4.00. The predicted octanol–water partition coefficient (Wildman–Crippen LogP) is 1.22. The second-order valence-electron chi connectivity index (χ2n) is 5.85. The highest BCUT2D eigenvalue weighted by Gasteiger charge is 2.39. The number of sulfonamides is 1. The summed E-state index contributed by atoms with van der Waals surface area (Å²) >= 11 is 0. The average Bonchev–Trinajstić information content (AvgIpc) is 2.92. The molecule has 6 nitrogen and oxygen atoms in total. The summed E-state index contributed by atoms with van der Waals surface area (Å²) < 4.78 is 31.7. The molecule has 7 heteroatoms. The predicted molar refractivity (Wildman–Crippen MR) is 82.9 cm³/mol. The third-order valence-corrected chi connectivity index (χ3v) is 5.84. The lowest BCUT2D eigenvalue weighted by Crippen LogP contribution is -2.34. The van der Waals surface area contributed by atoms with Crippen LogP contribution in [0.2, 0.25) is 0 Å². The molecular weight excluding hydrogens is 304 g/mol. The van der Waals surface area contributed by atoms with Gasteiger partial charge in [-0.1, -0.05) is 13.0 Å². The first kappa shape index (κ1) is 16.9. The highest BCUT2D eigenvalue weighted by atomic mass is 32.2. The summed E-state index contributed by atoms with van der Waals surface area (Å²) in [5.41, 5.74) is 5.78. The fourth-order valence-electron chi connectivity index (χ4n) is 2.50. The molecular formula is C15H22N2O4S. The van der Waals surface area contributed by atoms with Gasteiger partial charge in [0, 0.05) is 13.1 Å². The third kappa shape index (κ3) is 3.31. The van der Waals surface area contributed by atoms with E-state index >= 15 is 0 Å². The van der Waals surface area contributed by atoms with Crippen LogP contribution in [-0.2, 0) is 14.8 Å². The first-order valence-corrected chi connectivity index (χ1v) is 8.74. The van der Waals surface area contributed by atoms with E-state index in [9.17, 15) is 13.2 Å². The van der Waals surface area contributed by atoms with E-state index in [-0.39, 0.29) is 22.5 Å². The minimum atomic E-state index is -3.62. The molecule has 2 rings (SSSR count). The van der Waals surface area contributed by atoms with Crippen LogP contribution in [0.1, 0.15) is 30.6 Å². The first-order chi connectivity index (χ1) is 10.3. The number of carbonyl (C=O) groups excluding carboxylic acids is 1. The number of nitrogens with zero attached hydrogens (tertiary/aromatic N) is 1. The van der Waals surface area contributed by atoms with Crippen molar-refractivity contribution >= 4 is 16.0 Å². The molecule has 22 heavy (non-hydrogen) atoms. The van der Waals surface area contributed by atoms with E-state index in [0.717, 1.165) is 6.42 Å². The average molecular weight is 326 g/mol. The topological polar surface area (TPSA) is 89.7 Å². The van der Waals surface area contributed by atoms with Crippen molar-refractivity contribution < 1.29 is 17.9 Å². The van der Waals surface area contributed by atoms with Gasteiger partial charge in [0.15, 0.2) is 0 Å². The summed E-state index contributed by atoms with van der Waals surface area (Å²) in [6.07, 6.45) is 0.736.